The number of nitriles is 1. The molecule has 0 radical (unpaired) electrons. The van der Waals surface area contributed by atoms with Gasteiger partial charge in [-0.25, -0.2) is 4.39 Å². The van der Waals surface area contributed by atoms with Crippen LogP contribution >= 0.6 is 11.6 Å². The van der Waals surface area contributed by atoms with E-state index in [-0.39, 0.29) is 26.1 Å². The van der Waals surface area contributed by atoms with Crippen molar-refractivity contribution in [3.05, 3.63) is 129 Å². The maximum Gasteiger partial charge on any atom is 0.303 e. The first kappa shape index (κ1) is 43.1. The molecule has 5 rings (SSSR count). The molecule has 13 heteroatoms. The van der Waals surface area contributed by atoms with E-state index in [2.05, 4.69) is 21.7 Å². The summed E-state index contributed by atoms with van der Waals surface area (Å²) in [5.74, 6) is -0.756. The second-order valence-electron chi connectivity index (χ2n) is 13.6. The fraction of sp³-hybridized carbons (Fsp3) is 0.289. The van der Waals surface area contributed by atoms with Gasteiger partial charge in [-0.2, -0.15) is 5.26 Å². The van der Waals surface area contributed by atoms with Gasteiger partial charge < -0.3 is 35.1 Å². The van der Waals surface area contributed by atoms with E-state index in [1.54, 1.807) is 36.5 Å². The molecule has 0 aliphatic heterocycles. The maximum atomic E-state index is 15.6. The Kier molecular flexibility index (Phi) is 16.0. The molecule has 0 aliphatic carbocycles. The second-order valence-corrected chi connectivity index (χ2v) is 14.0. The molecular weight excluding hydrogens is 763 g/mol. The maximum absolute atomic E-state index is 15.6. The largest absolute Gasteiger partial charge is 0.492 e. The molecule has 11 nitrogen and oxygen atoms in total. The number of aliphatic carboxylic acids is 2. The first-order valence-electron chi connectivity index (χ1n) is 18.9. The van der Waals surface area contributed by atoms with Gasteiger partial charge in [0.2, 0.25) is 0 Å². The number of carbonyl (C=O) groups is 2. The van der Waals surface area contributed by atoms with E-state index < -0.39 is 17.8 Å². The average molecular weight is 809 g/mol. The van der Waals surface area contributed by atoms with Gasteiger partial charge in [0.15, 0.2) is 0 Å². The lowest BCUT2D eigenvalue weighted by molar-refractivity contribution is -0.138. The molecule has 5 aromatic rings. The number of nitrogens with zero attached hydrogens (tertiary/aromatic N) is 2. The number of hydrogen-bond donors (Lipinski definition) is 4. The molecule has 1 aromatic heterocycles. The highest BCUT2D eigenvalue weighted by Gasteiger charge is 2.17. The first-order valence-corrected chi connectivity index (χ1v) is 19.3. The zero-order valence-electron chi connectivity index (χ0n) is 32.4. The van der Waals surface area contributed by atoms with Crippen LogP contribution in [-0.4, -0.2) is 53.4 Å². The molecule has 0 bridgehead atoms. The van der Waals surface area contributed by atoms with Crippen molar-refractivity contribution in [2.45, 2.75) is 59.3 Å². The number of carboxylic acid groups (broad SMARTS) is 2. The fourth-order valence-electron chi connectivity index (χ4n) is 6.38. The van der Waals surface area contributed by atoms with Crippen LogP contribution in [-0.2, 0) is 29.3 Å². The van der Waals surface area contributed by atoms with Crippen molar-refractivity contribution in [1.29, 1.82) is 5.26 Å². The summed E-state index contributed by atoms with van der Waals surface area (Å²) in [6, 6.07) is 23.9. The van der Waals surface area contributed by atoms with Crippen LogP contribution < -0.4 is 24.8 Å². The summed E-state index contributed by atoms with van der Waals surface area (Å²) >= 11 is 6.76. The molecule has 302 valence electrons. The molecule has 0 aliphatic rings. The molecule has 0 saturated heterocycles. The standard InChI is InChI=1S/C45H46ClFN4O7/c1-29-33(28-58-43-22-42(57-27-32-19-31(23-48)24-51-25-32)34(20-40(43)46)26-50-16-6-12-45(54)55)7-3-8-36(29)37-9-4-10-38(30(37)2)39-14-13-35(21-41(39)47)56-18-17-49-15-5-11-44(52)53/h3-4,7-10,13-14,19-22,24-25,49-50H,5-6,11-12,15-18,26-28H2,1-2H3,(H,52,53)(H,54,55). The third-order valence-electron chi connectivity index (χ3n) is 9.47. The summed E-state index contributed by atoms with van der Waals surface area (Å²) in [4.78, 5) is 25.7. The highest BCUT2D eigenvalue weighted by Crippen LogP contribution is 2.38. The zero-order chi connectivity index (χ0) is 41.4. The third kappa shape index (κ3) is 12.2. The first-order chi connectivity index (χ1) is 28.0. The van der Waals surface area contributed by atoms with Gasteiger partial charge in [0.25, 0.3) is 0 Å². The third-order valence-corrected chi connectivity index (χ3v) is 9.76. The monoisotopic (exact) mass is 808 g/mol. The van der Waals surface area contributed by atoms with Crippen LogP contribution in [0.25, 0.3) is 22.3 Å². The van der Waals surface area contributed by atoms with Gasteiger partial charge in [-0.15, -0.1) is 0 Å². The quantitative estimate of drug-likeness (QED) is 0.0495. The van der Waals surface area contributed by atoms with Crippen molar-refractivity contribution in [2.75, 3.05) is 26.2 Å². The van der Waals surface area contributed by atoms with Crippen LogP contribution in [0, 0.1) is 31.0 Å². The summed E-state index contributed by atoms with van der Waals surface area (Å²) < 4.78 is 33.8. The molecule has 0 amide bonds. The Balaban J connectivity index is 1.30. The predicted molar refractivity (Wildman–Crippen MR) is 220 cm³/mol. The topological polar surface area (TPSA) is 163 Å². The highest BCUT2D eigenvalue weighted by atomic mass is 35.5. The van der Waals surface area contributed by atoms with Crippen molar-refractivity contribution in [3.8, 4) is 45.6 Å². The summed E-state index contributed by atoms with van der Waals surface area (Å²) in [5.41, 5.74) is 7.85. The van der Waals surface area contributed by atoms with Crippen LogP contribution in [0.3, 0.4) is 0 Å². The highest BCUT2D eigenvalue weighted by molar-refractivity contribution is 6.32. The number of hydrogen-bond acceptors (Lipinski definition) is 9. The second kappa shape index (κ2) is 21.5. The molecule has 0 atom stereocenters. The number of carboxylic acids is 2. The molecular formula is C45H46ClFN4O7. The normalized spacial score (nSPS) is 10.9. The Bertz CT molecular complexity index is 2260. The average Bonchev–Trinajstić information content (AvgIpc) is 3.20. The SMILES string of the molecule is Cc1c(COc2cc(OCc3cncc(C#N)c3)c(CNCCCC(=O)O)cc2Cl)cccc1-c1cccc(-c2ccc(OCCNCCCC(=O)O)cc2F)c1C. The van der Waals surface area contributed by atoms with E-state index in [0.29, 0.717) is 84.6 Å². The number of benzene rings is 4. The van der Waals surface area contributed by atoms with Gasteiger partial charge in [-0.3, -0.25) is 14.6 Å². The van der Waals surface area contributed by atoms with Crippen molar-refractivity contribution in [3.63, 3.8) is 0 Å². The number of nitrogens with one attached hydrogen (secondary N) is 2. The predicted octanol–water partition coefficient (Wildman–Crippen LogP) is 8.64. The number of aromatic nitrogens is 1. The van der Waals surface area contributed by atoms with Crippen LogP contribution in [0.1, 0.15) is 59.1 Å². The summed E-state index contributed by atoms with van der Waals surface area (Å²) in [6.45, 7) is 6.60. The molecule has 0 saturated carbocycles. The van der Waals surface area contributed by atoms with Crippen molar-refractivity contribution in [2.24, 2.45) is 0 Å². The lowest BCUT2D eigenvalue weighted by atomic mass is 9.89. The van der Waals surface area contributed by atoms with Gasteiger partial charge in [0.1, 0.15) is 49.0 Å². The summed E-state index contributed by atoms with van der Waals surface area (Å²) in [6.07, 6.45) is 4.26. The molecule has 0 unspecified atom stereocenters. The Hall–Kier alpha value is -6.00. The Morgan fingerprint density at radius 1 is 0.759 bits per heavy atom. The van der Waals surface area contributed by atoms with Crippen molar-refractivity contribution in [1.82, 2.24) is 15.6 Å². The van der Waals surface area contributed by atoms with Gasteiger partial charge in [-0.1, -0.05) is 48.0 Å². The Morgan fingerprint density at radius 2 is 1.43 bits per heavy atom. The van der Waals surface area contributed by atoms with Gasteiger partial charge in [0, 0.05) is 67.1 Å². The van der Waals surface area contributed by atoms with Crippen molar-refractivity contribution >= 4 is 23.5 Å². The molecule has 4 N–H and O–H groups in total. The van der Waals surface area contributed by atoms with Gasteiger partial charge in [-0.05, 0) is 97.4 Å². The summed E-state index contributed by atoms with van der Waals surface area (Å²) in [7, 11) is 0. The Labute approximate surface area is 342 Å². The number of pyridine rings is 1. The lowest BCUT2D eigenvalue weighted by Crippen LogP contribution is -2.22. The zero-order valence-corrected chi connectivity index (χ0v) is 33.2. The van der Waals surface area contributed by atoms with E-state index in [1.807, 2.05) is 50.2 Å². The van der Waals surface area contributed by atoms with E-state index in [9.17, 15) is 14.9 Å². The van der Waals surface area contributed by atoms with E-state index in [4.69, 9.17) is 36.0 Å². The number of rotatable bonds is 22. The number of ether oxygens (including phenoxy) is 3. The summed E-state index contributed by atoms with van der Waals surface area (Å²) in [5, 5.41) is 33.8. The molecule has 0 spiro atoms. The minimum absolute atomic E-state index is 0.0565. The van der Waals surface area contributed by atoms with E-state index >= 15 is 4.39 Å². The van der Waals surface area contributed by atoms with Crippen LogP contribution in [0.5, 0.6) is 17.2 Å². The number of halogens is 2. The van der Waals surface area contributed by atoms with Crippen LogP contribution in [0.2, 0.25) is 5.02 Å². The van der Waals surface area contributed by atoms with Crippen LogP contribution in [0.4, 0.5) is 4.39 Å². The molecule has 1 heterocycles. The Morgan fingerprint density at radius 3 is 2.14 bits per heavy atom. The minimum Gasteiger partial charge on any atom is -0.492 e. The van der Waals surface area contributed by atoms with Gasteiger partial charge >= 0.3 is 11.9 Å². The van der Waals surface area contributed by atoms with E-state index in [1.165, 1.54) is 12.3 Å². The fourth-order valence-corrected chi connectivity index (χ4v) is 6.62. The molecule has 4 aromatic carbocycles. The van der Waals surface area contributed by atoms with Gasteiger partial charge in [0.05, 0.1) is 10.6 Å². The lowest BCUT2D eigenvalue weighted by Gasteiger charge is -2.18. The molecule has 0 fully saturated rings. The minimum atomic E-state index is -0.855. The molecule has 58 heavy (non-hydrogen) atoms. The van der Waals surface area contributed by atoms with Crippen molar-refractivity contribution < 1.29 is 38.4 Å². The van der Waals surface area contributed by atoms with Crippen LogP contribution in [0.15, 0.2) is 85.2 Å². The smallest absolute Gasteiger partial charge is 0.303 e. The van der Waals surface area contributed by atoms with E-state index in [0.717, 1.165) is 38.9 Å².